The van der Waals surface area contributed by atoms with Crippen molar-refractivity contribution >= 4 is 41.5 Å². The van der Waals surface area contributed by atoms with Gasteiger partial charge in [0.15, 0.2) is 0 Å². The number of fused-ring (bicyclic) bond motifs is 6. The second-order valence-electron chi connectivity index (χ2n) is 12.5. The first-order valence-corrected chi connectivity index (χ1v) is 17.4. The molecule has 326 valence electrons. The van der Waals surface area contributed by atoms with Crippen molar-refractivity contribution in [3.05, 3.63) is 119 Å². The Morgan fingerprint density at radius 3 is 1.31 bits per heavy atom. The van der Waals surface area contributed by atoms with Crippen LogP contribution in [0.1, 0.15) is 55.8 Å². The number of benzene rings is 4. The van der Waals surface area contributed by atoms with Gasteiger partial charge >= 0.3 is 89.0 Å². The zero-order chi connectivity index (χ0) is 43.9. The van der Waals surface area contributed by atoms with Gasteiger partial charge in [-0.3, -0.25) is 14.4 Å². The molecule has 0 fully saturated rings. The van der Waals surface area contributed by atoms with Crippen LogP contribution in [0.3, 0.4) is 0 Å². The van der Waals surface area contributed by atoms with Gasteiger partial charge in [-0.15, -0.1) is 0 Å². The molecule has 4 aromatic rings. The monoisotopic (exact) mass is 917 g/mol. The van der Waals surface area contributed by atoms with E-state index in [1.54, 1.807) is 0 Å². The van der Waals surface area contributed by atoms with Crippen molar-refractivity contribution in [1.82, 2.24) is 5.32 Å². The number of alkyl halides is 6. The van der Waals surface area contributed by atoms with Gasteiger partial charge in [0.1, 0.15) is 25.3 Å². The predicted molar refractivity (Wildman–Crippen MR) is 204 cm³/mol. The van der Waals surface area contributed by atoms with Crippen molar-refractivity contribution in [2.24, 2.45) is 11.5 Å². The number of nitrogens with two attached hydrogens (primary N) is 2. The number of ether oxygens (including phenoxy) is 2. The molecule has 2 unspecified atom stereocenters. The van der Waals surface area contributed by atoms with Crippen LogP contribution < -0.4 is 81.2 Å². The number of carbonyl (C=O) groups is 5. The molecule has 0 saturated heterocycles. The standard InChI is InChI=1S/C19H17F3N2O3.C15H11ClO2.C4H6F3NO2.CH2O3.CH4.2Na.H/c20-19(21,22)9-16(17(23)25)24-18(26)27-10-15-13-7-3-1-5-11(13)12-6-2-4-8-14(12)15;16-15(17)18-9-14-12-7-3-1-5-10(12)11-6-2-4-8-13(11)14;5-4(6,7)1-2(8)3(9)10;2-1-4-3;;;;/h1-8,15-16H,9-10H2,(H2,23,25)(H,24,26);1-8,14H,9H2;2H,1,8H2,(H,9,10);1,3H;1H4;;;/q;;;;;2*+1;-1/p-1. The Hall–Kier alpha value is -4.18. The molecule has 4 aromatic carbocycles. The van der Waals surface area contributed by atoms with E-state index in [2.05, 4.69) is 34.9 Å². The summed E-state index contributed by atoms with van der Waals surface area (Å²) in [5.41, 5.74) is 17.5. The van der Waals surface area contributed by atoms with Crippen molar-refractivity contribution in [3.8, 4) is 22.3 Å². The summed E-state index contributed by atoms with van der Waals surface area (Å²) >= 11 is 5.25. The van der Waals surface area contributed by atoms with E-state index in [1.807, 2.05) is 78.1 Å². The Morgan fingerprint density at radius 2 is 1.05 bits per heavy atom. The zero-order valence-corrected chi connectivity index (χ0v) is 37.1. The van der Waals surface area contributed by atoms with E-state index in [4.69, 9.17) is 42.0 Å². The largest absolute Gasteiger partial charge is 1.00 e. The Labute approximate surface area is 402 Å². The number of carbonyl (C=O) groups excluding carboxylic acids is 4. The minimum atomic E-state index is -4.64. The van der Waals surface area contributed by atoms with Crippen molar-refractivity contribution in [1.29, 1.82) is 0 Å². The van der Waals surface area contributed by atoms with E-state index in [9.17, 15) is 45.5 Å². The first kappa shape index (κ1) is 57.8. The fourth-order valence-electron chi connectivity index (χ4n) is 6.16. The van der Waals surface area contributed by atoms with Gasteiger partial charge in [-0.25, -0.2) is 9.59 Å². The van der Waals surface area contributed by atoms with Gasteiger partial charge in [-0.1, -0.05) is 104 Å². The minimum absolute atomic E-state index is 0. The SMILES string of the molecule is C.NC(=O)C(CC(F)(F)F)NC(=O)OCC1c2ccccc2-c2ccccc21.NC(CC(F)(F)F)C(=O)O.O=C(Cl)OCC1c2ccccc2-c2ccccc21.O=CO[O-].[H-].[Na+].[Na+]. The number of alkyl carbamates (subject to hydrolysis) is 1. The van der Waals surface area contributed by atoms with Gasteiger partial charge in [0.25, 0.3) is 6.47 Å². The first-order chi connectivity index (χ1) is 27.8. The quantitative estimate of drug-likeness (QED) is 0.0440. The second-order valence-corrected chi connectivity index (χ2v) is 12.8. The number of nitrogens with one attached hydrogen (secondary N) is 1. The normalized spacial score (nSPS) is 12.7. The summed E-state index contributed by atoms with van der Waals surface area (Å²) in [5.74, 6) is -3.07. The molecule has 0 spiro atoms. The molecule has 0 bridgehead atoms. The van der Waals surface area contributed by atoms with Crippen molar-refractivity contribution in [2.45, 2.75) is 56.5 Å². The van der Waals surface area contributed by atoms with Crippen molar-refractivity contribution < 1.29 is 136 Å². The van der Waals surface area contributed by atoms with Crippen molar-refractivity contribution in [3.63, 3.8) is 0 Å². The van der Waals surface area contributed by atoms with Gasteiger partial charge in [0, 0.05) is 23.4 Å². The maximum atomic E-state index is 12.5. The Morgan fingerprint density at radius 1 is 0.726 bits per heavy atom. The molecule has 0 heterocycles. The zero-order valence-electron chi connectivity index (χ0n) is 33.4. The number of primary amides is 1. The van der Waals surface area contributed by atoms with Crippen LogP contribution in [-0.2, 0) is 28.7 Å². The molecule has 2 atom stereocenters. The average molecular weight is 918 g/mol. The van der Waals surface area contributed by atoms with Gasteiger partial charge in [0.05, 0.1) is 12.8 Å². The molecule has 0 aromatic heterocycles. The van der Waals surface area contributed by atoms with Crippen LogP contribution in [0.2, 0.25) is 0 Å². The molecule has 0 aliphatic heterocycles. The van der Waals surface area contributed by atoms with Gasteiger partial charge in [0.2, 0.25) is 5.91 Å². The molecule has 6 N–H and O–H groups in total. The smallest absolute Gasteiger partial charge is 1.00 e. The third-order valence-electron chi connectivity index (χ3n) is 8.55. The Bertz CT molecular complexity index is 2020. The number of aliphatic carboxylic acids is 1. The van der Waals surface area contributed by atoms with E-state index in [-0.39, 0.29) is 99.5 Å². The molecular weight excluding hydrogens is 878 g/mol. The van der Waals surface area contributed by atoms with Crippen LogP contribution in [0.15, 0.2) is 97.1 Å². The van der Waals surface area contributed by atoms with Crippen LogP contribution in [0.4, 0.5) is 35.9 Å². The number of amides is 2. The van der Waals surface area contributed by atoms with E-state index in [1.165, 1.54) is 22.3 Å². The summed E-state index contributed by atoms with van der Waals surface area (Å²) in [7, 11) is 0. The van der Waals surface area contributed by atoms with Crippen LogP contribution in [-0.4, -0.2) is 72.6 Å². The van der Waals surface area contributed by atoms with Gasteiger partial charge < -0.3 is 42.9 Å². The third kappa shape index (κ3) is 17.9. The summed E-state index contributed by atoms with van der Waals surface area (Å²) < 4.78 is 81.5. The predicted octanol–water partition coefficient (Wildman–Crippen LogP) is 1.05. The molecule has 2 amide bonds. The Balaban J connectivity index is 0. The maximum absolute atomic E-state index is 12.5. The molecule has 22 heteroatoms. The average Bonchev–Trinajstić information content (AvgIpc) is 3.67. The Kier molecular flexibility index (Phi) is 25.3. The number of hydrogen-bond donors (Lipinski definition) is 4. The van der Waals surface area contributed by atoms with Crippen molar-refractivity contribution in [2.75, 3.05) is 13.2 Å². The summed E-state index contributed by atoms with van der Waals surface area (Å²) in [6.07, 6.45) is -13.3. The summed E-state index contributed by atoms with van der Waals surface area (Å²) in [6, 6.07) is 27.9. The topological polar surface area (TPSA) is 220 Å². The van der Waals surface area contributed by atoms with Crippen LogP contribution in [0.5, 0.6) is 0 Å². The number of halogens is 7. The fourth-order valence-corrected chi connectivity index (χ4v) is 6.22. The summed E-state index contributed by atoms with van der Waals surface area (Å²) in [4.78, 5) is 54.8. The molecule has 0 radical (unpaired) electrons. The molecule has 13 nitrogen and oxygen atoms in total. The van der Waals surface area contributed by atoms with E-state index >= 15 is 0 Å². The number of carboxylic acid groups (broad SMARTS) is 1. The van der Waals surface area contributed by atoms with Crippen LogP contribution in [0.25, 0.3) is 22.3 Å². The third-order valence-corrected chi connectivity index (χ3v) is 8.66. The molecule has 6 rings (SSSR count). The molecule has 62 heavy (non-hydrogen) atoms. The van der Waals surface area contributed by atoms with Gasteiger partial charge in [-0.2, -0.15) is 26.3 Å². The number of carboxylic acids is 1. The first-order valence-electron chi connectivity index (χ1n) is 17.0. The van der Waals surface area contributed by atoms with Crippen LogP contribution >= 0.6 is 11.6 Å². The summed E-state index contributed by atoms with van der Waals surface area (Å²) in [5, 5.41) is 18.2. The maximum Gasteiger partial charge on any atom is 1.00 e. The van der Waals surface area contributed by atoms with Crippen LogP contribution in [0, 0.1) is 0 Å². The van der Waals surface area contributed by atoms with Gasteiger partial charge in [-0.05, 0) is 44.5 Å². The molecule has 2 aliphatic carbocycles. The number of rotatable bonds is 10. The second kappa shape index (κ2) is 27.1. The van der Waals surface area contributed by atoms with E-state index in [0.717, 1.165) is 22.3 Å². The minimum Gasteiger partial charge on any atom is -1.00 e. The van der Waals surface area contributed by atoms with E-state index in [0.29, 0.717) is 0 Å². The van der Waals surface area contributed by atoms with E-state index < -0.39 is 60.7 Å². The molecular formula is C40H40ClF6N3Na2O10. The molecule has 2 aliphatic rings. The number of hydrogen-bond acceptors (Lipinski definition) is 10. The fraction of sp³-hybridized carbons (Fsp3) is 0.275. The molecule has 0 saturated carbocycles. The summed E-state index contributed by atoms with van der Waals surface area (Å²) in [6.45, 7) is 0.0354.